The standard InChI is InChI=1S/C20H18N2O4S/c1-3-25-17-10-13(8-9-16(17)26-12(2)23)11-18-19(24)22-15-7-5-4-6-14(15)21-20(22)27-18/h4-11,20-21H,3H2,1-2H3/b18-11-/t20-/m0/s1. The number of esters is 1. The Labute approximate surface area is 161 Å². The lowest BCUT2D eigenvalue weighted by Gasteiger charge is -2.12. The fraction of sp³-hybridized carbons (Fsp3) is 0.200. The van der Waals surface area contributed by atoms with Crippen molar-refractivity contribution in [2.75, 3.05) is 16.8 Å². The second-order valence-electron chi connectivity index (χ2n) is 6.05. The average Bonchev–Trinajstić information content (AvgIpc) is 3.14. The highest BCUT2D eigenvalue weighted by atomic mass is 32.2. The van der Waals surface area contributed by atoms with E-state index in [4.69, 9.17) is 9.47 Å². The molecule has 2 aliphatic heterocycles. The molecule has 4 rings (SSSR count). The van der Waals surface area contributed by atoms with E-state index in [1.807, 2.05) is 37.3 Å². The van der Waals surface area contributed by atoms with Crippen molar-refractivity contribution < 1.29 is 19.1 Å². The molecular formula is C20H18N2O4S. The van der Waals surface area contributed by atoms with Crippen LogP contribution >= 0.6 is 11.8 Å². The summed E-state index contributed by atoms with van der Waals surface area (Å²) in [6.07, 6.45) is 1.83. The number of hydrogen-bond donors (Lipinski definition) is 1. The summed E-state index contributed by atoms with van der Waals surface area (Å²) in [4.78, 5) is 26.5. The zero-order valence-corrected chi connectivity index (χ0v) is 15.7. The Bertz CT molecular complexity index is 957. The van der Waals surface area contributed by atoms with E-state index in [9.17, 15) is 9.59 Å². The first-order valence-corrected chi connectivity index (χ1v) is 9.47. The molecule has 0 aromatic heterocycles. The summed E-state index contributed by atoms with van der Waals surface area (Å²) in [6.45, 7) is 3.65. The van der Waals surface area contributed by atoms with Crippen LogP contribution in [0.1, 0.15) is 19.4 Å². The van der Waals surface area contributed by atoms with Gasteiger partial charge in [-0.15, -0.1) is 0 Å². The molecule has 0 unspecified atom stereocenters. The van der Waals surface area contributed by atoms with Gasteiger partial charge in [-0.05, 0) is 42.8 Å². The lowest BCUT2D eigenvalue weighted by molar-refractivity contribution is -0.132. The molecule has 1 saturated heterocycles. The largest absolute Gasteiger partial charge is 0.490 e. The molecule has 0 aliphatic carbocycles. The van der Waals surface area contributed by atoms with Crippen molar-refractivity contribution in [1.29, 1.82) is 0 Å². The minimum atomic E-state index is -0.408. The predicted octanol–water partition coefficient (Wildman–Crippen LogP) is 3.84. The van der Waals surface area contributed by atoms with Crippen LogP contribution in [0.15, 0.2) is 47.4 Å². The van der Waals surface area contributed by atoms with Crippen LogP contribution in [0.4, 0.5) is 11.4 Å². The molecule has 0 bridgehead atoms. The van der Waals surface area contributed by atoms with Crippen molar-refractivity contribution in [3.8, 4) is 11.5 Å². The Kier molecular flexibility index (Phi) is 4.53. The summed E-state index contributed by atoms with van der Waals surface area (Å²) in [5.41, 5.74) is 2.53. The molecule has 0 spiro atoms. The Morgan fingerprint density at radius 3 is 2.85 bits per heavy atom. The quantitative estimate of drug-likeness (QED) is 0.492. The number of fused-ring (bicyclic) bond motifs is 3. The summed E-state index contributed by atoms with van der Waals surface area (Å²) in [5, 5.41) is 3.35. The summed E-state index contributed by atoms with van der Waals surface area (Å²) in [5.74, 6) is 0.396. The number of nitrogens with zero attached hydrogens (tertiary/aromatic N) is 1. The smallest absolute Gasteiger partial charge is 0.308 e. The highest BCUT2D eigenvalue weighted by molar-refractivity contribution is 8.05. The molecule has 0 saturated carbocycles. The number of nitrogens with one attached hydrogen (secondary N) is 1. The third-order valence-corrected chi connectivity index (χ3v) is 5.26. The number of carbonyl (C=O) groups excluding carboxylic acids is 2. The second kappa shape index (κ2) is 7.00. The monoisotopic (exact) mass is 382 g/mol. The lowest BCUT2D eigenvalue weighted by Crippen LogP contribution is -2.31. The normalized spacial score (nSPS) is 18.9. The van der Waals surface area contributed by atoms with Crippen LogP contribution in [0, 0.1) is 0 Å². The Balaban J connectivity index is 1.62. The number of para-hydroxylation sites is 2. The number of ether oxygens (including phenoxy) is 2. The molecular weight excluding hydrogens is 364 g/mol. The molecule has 2 heterocycles. The Morgan fingerprint density at radius 1 is 1.26 bits per heavy atom. The van der Waals surface area contributed by atoms with Crippen LogP contribution in [0.3, 0.4) is 0 Å². The minimum Gasteiger partial charge on any atom is -0.490 e. The van der Waals surface area contributed by atoms with Crippen molar-refractivity contribution in [2.24, 2.45) is 0 Å². The van der Waals surface area contributed by atoms with E-state index < -0.39 is 5.97 Å². The van der Waals surface area contributed by atoms with E-state index >= 15 is 0 Å². The van der Waals surface area contributed by atoms with Gasteiger partial charge in [-0.25, -0.2) is 0 Å². The third kappa shape index (κ3) is 3.26. The highest BCUT2D eigenvalue weighted by Crippen LogP contribution is 2.47. The first kappa shape index (κ1) is 17.5. The van der Waals surface area contributed by atoms with Gasteiger partial charge >= 0.3 is 5.97 Å². The predicted molar refractivity (Wildman–Crippen MR) is 106 cm³/mol. The number of carbonyl (C=O) groups is 2. The molecule has 2 aliphatic rings. The van der Waals surface area contributed by atoms with Gasteiger partial charge in [0.25, 0.3) is 5.91 Å². The molecule has 2 aromatic rings. The van der Waals surface area contributed by atoms with E-state index in [1.165, 1.54) is 18.7 Å². The maximum atomic E-state index is 12.9. The molecule has 0 radical (unpaired) electrons. The highest BCUT2D eigenvalue weighted by Gasteiger charge is 2.42. The summed E-state index contributed by atoms with van der Waals surface area (Å²) in [7, 11) is 0. The van der Waals surface area contributed by atoms with Gasteiger partial charge < -0.3 is 14.8 Å². The van der Waals surface area contributed by atoms with Crippen molar-refractivity contribution >= 4 is 41.1 Å². The van der Waals surface area contributed by atoms with E-state index in [-0.39, 0.29) is 11.4 Å². The van der Waals surface area contributed by atoms with E-state index in [0.717, 1.165) is 16.9 Å². The van der Waals surface area contributed by atoms with E-state index in [1.54, 1.807) is 23.1 Å². The molecule has 138 valence electrons. The number of anilines is 2. The number of hydrogen-bond acceptors (Lipinski definition) is 6. The van der Waals surface area contributed by atoms with Gasteiger partial charge in [0.1, 0.15) is 0 Å². The van der Waals surface area contributed by atoms with Gasteiger partial charge in [0.05, 0.1) is 22.9 Å². The van der Waals surface area contributed by atoms with Crippen LogP contribution < -0.4 is 19.7 Å². The molecule has 6 nitrogen and oxygen atoms in total. The lowest BCUT2D eigenvalue weighted by atomic mass is 10.1. The van der Waals surface area contributed by atoms with Gasteiger partial charge in [-0.1, -0.05) is 30.0 Å². The third-order valence-electron chi connectivity index (χ3n) is 4.16. The summed E-state index contributed by atoms with van der Waals surface area (Å²) in [6, 6.07) is 13.0. The van der Waals surface area contributed by atoms with Gasteiger partial charge in [0.2, 0.25) is 0 Å². The number of rotatable bonds is 4. The maximum Gasteiger partial charge on any atom is 0.308 e. The number of amides is 1. The number of benzene rings is 2. The van der Waals surface area contributed by atoms with Crippen LogP contribution in [0.25, 0.3) is 6.08 Å². The zero-order valence-electron chi connectivity index (χ0n) is 14.9. The van der Waals surface area contributed by atoms with Crippen molar-refractivity contribution in [3.63, 3.8) is 0 Å². The minimum absolute atomic E-state index is 0.0375. The van der Waals surface area contributed by atoms with Gasteiger partial charge in [-0.2, -0.15) is 0 Å². The molecule has 7 heteroatoms. The summed E-state index contributed by atoms with van der Waals surface area (Å²) >= 11 is 1.48. The van der Waals surface area contributed by atoms with Crippen molar-refractivity contribution in [2.45, 2.75) is 19.3 Å². The Hall–Kier alpha value is -2.93. The second-order valence-corrected chi connectivity index (χ2v) is 7.17. The van der Waals surface area contributed by atoms with Gasteiger partial charge in [0, 0.05) is 6.92 Å². The number of thioether (sulfide) groups is 1. The topological polar surface area (TPSA) is 67.9 Å². The first-order chi connectivity index (χ1) is 13.1. The molecule has 27 heavy (non-hydrogen) atoms. The molecule has 2 aromatic carbocycles. The molecule has 1 amide bonds. The van der Waals surface area contributed by atoms with Crippen LogP contribution in [-0.2, 0) is 9.59 Å². The van der Waals surface area contributed by atoms with E-state index in [2.05, 4.69) is 5.32 Å². The SMILES string of the molecule is CCOc1cc(/C=C2\S[C@H]3Nc4ccccc4N3C2=O)ccc1OC(C)=O. The zero-order chi connectivity index (χ0) is 19.0. The molecule has 1 atom stereocenters. The summed E-state index contributed by atoms with van der Waals surface area (Å²) < 4.78 is 10.7. The van der Waals surface area contributed by atoms with Gasteiger partial charge in [0.15, 0.2) is 17.0 Å². The van der Waals surface area contributed by atoms with Crippen LogP contribution in [-0.4, -0.2) is 24.0 Å². The first-order valence-electron chi connectivity index (χ1n) is 8.59. The maximum absolute atomic E-state index is 12.9. The van der Waals surface area contributed by atoms with Crippen molar-refractivity contribution in [3.05, 3.63) is 52.9 Å². The fourth-order valence-electron chi connectivity index (χ4n) is 3.09. The average molecular weight is 382 g/mol. The fourth-order valence-corrected chi connectivity index (χ4v) is 4.23. The van der Waals surface area contributed by atoms with Gasteiger partial charge in [-0.3, -0.25) is 14.5 Å². The molecule has 1 fully saturated rings. The van der Waals surface area contributed by atoms with Crippen molar-refractivity contribution in [1.82, 2.24) is 0 Å². The molecule has 1 N–H and O–H groups in total. The van der Waals surface area contributed by atoms with Crippen LogP contribution in [0.2, 0.25) is 0 Å². The van der Waals surface area contributed by atoms with Crippen LogP contribution in [0.5, 0.6) is 11.5 Å². The Morgan fingerprint density at radius 2 is 2.07 bits per heavy atom. The van der Waals surface area contributed by atoms with E-state index in [0.29, 0.717) is 23.0 Å².